The van der Waals surface area contributed by atoms with Crippen molar-refractivity contribution in [1.29, 1.82) is 0 Å². The van der Waals surface area contributed by atoms with Crippen molar-refractivity contribution in [3.63, 3.8) is 0 Å². The van der Waals surface area contributed by atoms with Gasteiger partial charge >= 0.3 is 10.3 Å². The van der Waals surface area contributed by atoms with Crippen LogP contribution in [-0.4, -0.2) is 68.1 Å². The lowest BCUT2D eigenvalue weighted by atomic mass is 10.1. The van der Waals surface area contributed by atoms with Crippen LogP contribution in [0.25, 0.3) is 0 Å². The van der Waals surface area contributed by atoms with E-state index in [1.54, 1.807) is 0 Å². The fourth-order valence-corrected chi connectivity index (χ4v) is 3.53. The maximum atomic E-state index is 11.0. The first-order chi connectivity index (χ1) is 10.9. The predicted molar refractivity (Wildman–Crippen MR) is 93.0 cm³/mol. The van der Waals surface area contributed by atoms with E-state index in [-0.39, 0.29) is 6.10 Å². The van der Waals surface area contributed by atoms with E-state index in [4.69, 9.17) is 9.29 Å². The molecule has 1 heterocycles. The van der Waals surface area contributed by atoms with Crippen LogP contribution in [0.4, 0.5) is 0 Å². The Hall–Kier alpha value is -0.210. The van der Waals surface area contributed by atoms with Crippen LogP contribution < -0.4 is 0 Å². The molecule has 0 radical (unpaired) electrons. The van der Waals surface area contributed by atoms with Gasteiger partial charge in [0.05, 0.1) is 6.10 Å². The van der Waals surface area contributed by atoms with E-state index >= 15 is 0 Å². The van der Waals surface area contributed by atoms with E-state index in [0.29, 0.717) is 25.9 Å². The highest BCUT2D eigenvalue weighted by Gasteiger charge is 2.26. The summed E-state index contributed by atoms with van der Waals surface area (Å²) in [5.74, 6) is 0. The van der Waals surface area contributed by atoms with Crippen molar-refractivity contribution in [2.75, 3.05) is 39.8 Å². The lowest BCUT2D eigenvalue weighted by molar-refractivity contribution is 0.0181. The van der Waals surface area contributed by atoms with E-state index in [0.717, 1.165) is 17.3 Å². The number of nitrogens with zero attached hydrogens (tertiary/aromatic N) is 2. The first-order valence-corrected chi connectivity index (χ1v) is 10.4. The van der Waals surface area contributed by atoms with Crippen molar-refractivity contribution in [3.8, 4) is 0 Å². The molecule has 0 unspecified atom stereocenters. The summed E-state index contributed by atoms with van der Waals surface area (Å²) < 4.78 is 37.9. The molecular weight excluding hydrogens is 316 g/mol. The zero-order chi connectivity index (χ0) is 17.1. The van der Waals surface area contributed by atoms with E-state index in [9.17, 15) is 8.42 Å². The van der Waals surface area contributed by atoms with Crippen LogP contribution in [-0.2, 0) is 15.0 Å². The van der Waals surface area contributed by atoms with Crippen LogP contribution in [0.1, 0.15) is 58.3 Å². The van der Waals surface area contributed by atoms with Crippen LogP contribution in [0.3, 0.4) is 0 Å². The van der Waals surface area contributed by atoms with E-state index in [2.05, 4.69) is 18.9 Å². The molecule has 0 amide bonds. The summed E-state index contributed by atoms with van der Waals surface area (Å²) in [4.78, 5) is 2.41. The summed E-state index contributed by atoms with van der Waals surface area (Å²) in [6.07, 6.45) is 8.74. The first-order valence-electron chi connectivity index (χ1n) is 8.96. The molecule has 138 valence electrons. The third-order valence-corrected chi connectivity index (χ3v) is 5.43. The highest BCUT2D eigenvalue weighted by atomic mass is 32.2. The number of hydrogen-bond donors (Lipinski definition) is 1. The summed E-state index contributed by atoms with van der Waals surface area (Å²) in [7, 11) is -1.83. The molecule has 1 aliphatic heterocycles. The molecule has 1 aliphatic rings. The number of rotatable bonds is 12. The van der Waals surface area contributed by atoms with Gasteiger partial charge in [0.15, 0.2) is 0 Å². The van der Waals surface area contributed by atoms with Gasteiger partial charge in [-0.1, -0.05) is 26.2 Å². The Morgan fingerprint density at radius 2 is 1.70 bits per heavy atom. The van der Waals surface area contributed by atoms with Gasteiger partial charge < -0.3 is 9.64 Å². The molecule has 0 aliphatic carbocycles. The van der Waals surface area contributed by atoms with Crippen molar-refractivity contribution in [1.82, 2.24) is 9.21 Å². The smallest absolute Gasteiger partial charge is 0.335 e. The van der Waals surface area contributed by atoms with Gasteiger partial charge in [0.1, 0.15) is 0 Å². The summed E-state index contributed by atoms with van der Waals surface area (Å²) in [5.41, 5.74) is 0. The molecule has 0 aromatic carbocycles. The largest absolute Gasteiger partial charge is 0.378 e. The van der Waals surface area contributed by atoms with Gasteiger partial charge in [0.2, 0.25) is 0 Å². The predicted octanol–water partition coefficient (Wildman–Crippen LogP) is 2.56. The zero-order valence-electron chi connectivity index (χ0n) is 14.7. The van der Waals surface area contributed by atoms with E-state index < -0.39 is 10.3 Å². The lowest BCUT2D eigenvalue weighted by Crippen LogP contribution is -2.40. The number of unbranched alkanes of at least 4 members (excludes halogenated alkanes) is 4. The number of piperidine rings is 1. The van der Waals surface area contributed by atoms with Crippen LogP contribution in [0, 0.1) is 0 Å². The molecule has 0 atom stereocenters. The summed E-state index contributed by atoms with van der Waals surface area (Å²) in [6, 6.07) is 0. The van der Waals surface area contributed by atoms with Gasteiger partial charge in [0, 0.05) is 19.7 Å². The average molecular weight is 351 g/mol. The second kappa shape index (κ2) is 11.4. The highest BCUT2D eigenvalue weighted by Crippen LogP contribution is 2.16. The Labute approximate surface area is 142 Å². The summed E-state index contributed by atoms with van der Waals surface area (Å²) >= 11 is 0. The first kappa shape index (κ1) is 20.8. The molecule has 0 spiro atoms. The fourth-order valence-electron chi connectivity index (χ4n) is 2.86. The Morgan fingerprint density at radius 3 is 2.30 bits per heavy atom. The molecule has 23 heavy (non-hydrogen) atoms. The number of hydrogen-bond acceptors (Lipinski definition) is 4. The molecule has 0 aromatic heterocycles. The van der Waals surface area contributed by atoms with Crippen molar-refractivity contribution in [2.45, 2.75) is 64.4 Å². The van der Waals surface area contributed by atoms with Gasteiger partial charge in [-0.15, -0.1) is 0 Å². The fraction of sp³-hybridized carbons (Fsp3) is 1.00. The molecular formula is C16H34N2O4S. The molecule has 6 nitrogen and oxygen atoms in total. The minimum atomic E-state index is -4.02. The second-order valence-electron chi connectivity index (χ2n) is 6.52. The van der Waals surface area contributed by atoms with Crippen molar-refractivity contribution in [2.24, 2.45) is 0 Å². The summed E-state index contributed by atoms with van der Waals surface area (Å²) in [5, 5.41) is 0. The average Bonchev–Trinajstić information content (AvgIpc) is 2.51. The monoisotopic (exact) mass is 350 g/mol. The SMILES string of the molecule is CCCCN(C)CCCCCCOC1CCN(S(=O)(=O)O)CC1. The minimum Gasteiger partial charge on any atom is -0.378 e. The highest BCUT2D eigenvalue weighted by molar-refractivity contribution is 7.83. The third-order valence-electron chi connectivity index (χ3n) is 4.41. The third kappa shape index (κ3) is 9.62. The van der Waals surface area contributed by atoms with Crippen LogP contribution >= 0.6 is 0 Å². The van der Waals surface area contributed by atoms with Gasteiger partial charge in [-0.3, -0.25) is 4.55 Å². The quantitative estimate of drug-likeness (QED) is 0.433. The van der Waals surface area contributed by atoms with Crippen molar-refractivity contribution >= 4 is 10.3 Å². The maximum Gasteiger partial charge on any atom is 0.335 e. The normalized spacial score (nSPS) is 17.9. The molecule has 0 saturated carbocycles. The van der Waals surface area contributed by atoms with Gasteiger partial charge in [-0.2, -0.15) is 12.7 Å². The molecule has 1 rings (SSSR count). The minimum absolute atomic E-state index is 0.133. The van der Waals surface area contributed by atoms with Crippen LogP contribution in [0.5, 0.6) is 0 Å². The number of ether oxygens (including phenoxy) is 1. The Bertz CT molecular complexity index is 395. The van der Waals surface area contributed by atoms with Crippen molar-refractivity contribution < 1.29 is 17.7 Å². The second-order valence-corrected chi connectivity index (χ2v) is 7.93. The van der Waals surface area contributed by atoms with Gasteiger partial charge in [0.25, 0.3) is 0 Å². The standard InChI is InChI=1S/C16H34N2O4S/c1-3-4-11-17(2)12-7-5-6-8-15-22-16-9-13-18(14-10-16)23(19,20)21/h16H,3-15H2,1-2H3,(H,19,20,21). The molecule has 1 fully saturated rings. The Kier molecular flexibility index (Phi) is 10.3. The Balaban J connectivity index is 1.94. The molecule has 0 bridgehead atoms. The van der Waals surface area contributed by atoms with Crippen LogP contribution in [0.15, 0.2) is 0 Å². The van der Waals surface area contributed by atoms with Crippen LogP contribution in [0.2, 0.25) is 0 Å². The topological polar surface area (TPSA) is 70.1 Å². The maximum absolute atomic E-state index is 11.0. The zero-order valence-corrected chi connectivity index (χ0v) is 15.6. The molecule has 1 saturated heterocycles. The summed E-state index contributed by atoms with van der Waals surface area (Å²) in [6.45, 7) is 6.06. The molecule has 7 heteroatoms. The van der Waals surface area contributed by atoms with E-state index in [1.807, 2.05) is 0 Å². The molecule has 1 N–H and O–H groups in total. The van der Waals surface area contributed by atoms with E-state index in [1.165, 1.54) is 45.2 Å². The Morgan fingerprint density at radius 1 is 1.09 bits per heavy atom. The van der Waals surface area contributed by atoms with Gasteiger partial charge in [-0.05, 0) is 52.2 Å². The van der Waals surface area contributed by atoms with Gasteiger partial charge in [-0.25, -0.2) is 0 Å². The van der Waals surface area contributed by atoms with Crippen molar-refractivity contribution in [3.05, 3.63) is 0 Å². The molecule has 0 aromatic rings. The lowest BCUT2D eigenvalue weighted by Gasteiger charge is -2.29.